The van der Waals surface area contributed by atoms with E-state index in [2.05, 4.69) is 13.0 Å². The monoisotopic (exact) mass is 326 g/mol. The van der Waals surface area contributed by atoms with Gasteiger partial charge in [-0.3, -0.25) is 4.39 Å². The third-order valence-electron chi connectivity index (χ3n) is 2.57. The van der Waals surface area contributed by atoms with Gasteiger partial charge in [-0.2, -0.15) is 12.1 Å². The van der Waals surface area contributed by atoms with Gasteiger partial charge in [0, 0.05) is 11.6 Å². The Morgan fingerprint density at radius 2 is 2.06 bits per heavy atom. The Labute approximate surface area is 136 Å². The smallest absolute Gasteiger partial charge is 1.00 e. The number of ether oxygens (including phenoxy) is 1. The molecule has 1 aromatic carbocycles. The van der Waals surface area contributed by atoms with Gasteiger partial charge in [-0.15, -0.1) is 12.1 Å². The van der Waals surface area contributed by atoms with Crippen molar-refractivity contribution < 1.29 is 26.1 Å². The zero-order valence-electron chi connectivity index (χ0n) is 11.2. The summed E-state index contributed by atoms with van der Waals surface area (Å²) in [5.41, 5.74) is 0. The van der Waals surface area contributed by atoms with Crippen LogP contribution < -0.4 is 21.7 Å². The molecular weight excluding hydrogens is 307 g/mol. The molecule has 98 valence electrons. The van der Waals surface area contributed by atoms with Gasteiger partial charge in [0.25, 0.3) is 0 Å². The number of benzene rings is 1. The SMILES string of the molecule is CCCCCCC(C)Oc1cc[c-]cc1F.[Br-].[Mg+2]. The molecular formula is C14H20BrFMgO. The molecule has 1 rings (SSSR count). The van der Waals surface area contributed by atoms with E-state index in [0.29, 0.717) is 5.75 Å². The number of unbranched alkanes of at least 4 members (excludes halogenated alkanes) is 3. The maximum Gasteiger partial charge on any atom is 2.00 e. The first-order valence-electron chi connectivity index (χ1n) is 6.06. The van der Waals surface area contributed by atoms with Crippen LogP contribution in [0.3, 0.4) is 0 Å². The first-order valence-corrected chi connectivity index (χ1v) is 6.06. The van der Waals surface area contributed by atoms with E-state index >= 15 is 0 Å². The van der Waals surface area contributed by atoms with Crippen molar-refractivity contribution in [3.63, 3.8) is 0 Å². The molecule has 1 aromatic rings. The van der Waals surface area contributed by atoms with E-state index in [4.69, 9.17) is 4.74 Å². The predicted octanol–water partition coefficient (Wildman–Crippen LogP) is 0.987. The van der Waals surface area contributed by atoms with Gasteiger partial charge in [-0.25, -0.2) is 0 Å². The molecule has 0 radical (unpaired) electrons. The minimum atomic E-state index is -0.331. The molecule has 0 aliphatic rings. The van der Waals surface area contributed by atoms with Crippen molar-refractivity contribution in [2.75, 3.05) is 0 Å². The van der Waals surface area contributed by atoms with Crippen LogP contribution in [0, 0.1) is 11.9 Å². The van der Waals surface area contributed by atoms with E-state index in [9.17, 15) is 4.39 Å². The Kier molecular flexibility index (Phi) is 14.0. The van der Waals surface area contributed by atoms with Crippen molar-refractivity contribution in [3.05, 3.63) is 30.1 Å². The summed E-state index contributed by atoms with van der Waals surface area (Å²) in [4.78, 5) is 0. The first kappa shape index (κ1) is 20.5. The second-order valence-electron chi connectivity index (χ2n) is 4.13. The molecule has 0 saturated carbocycles. The molecule has 0 saturated heterocycles. The van der Waals surface area contributed by atoms with Crippen molar-refractivity contribution in [2.45, 2.75) is 52.1 Å². The van der Waals surface area contributed by atoms with Crippen LogP contribution in [0.1, 0.15) is 46.0 Å². The van der Waals surface area contributed by atoms with Gasteiger partial charge in [-0.1, -0.05) is 26.2 Å². The van der Waals surface area contributed by atoms with Crippen LogP contribution in [0.25, 0.3) is 0 Å². The van der Waals surface area contributed by atoms with Gasteiger partial charge in [0.1, 0.15) is 0 Å². The van der Waals surface area contributed by atoms with Crippen molar-refractivity contribution in [3.8, 4) is 5.75 Å². The number of hydrogen-bond acceptors (Lipinski definition) is 1. The maximum atomic E-state index is 13.2. The summed E-state index contributed by atoms with van der Waals surface area (Å²) in [6, 6.07) is 7.28. The standard InChI is InChI=1S/C14H20FO.BrH.Mg/c1-3-4-5-6-9-12(2)16-14-11-8-7-10-13(14)15;;/h8,10-12H,3-6,9H2,1-2H3;1H;/q-1;;+2/p-1. The van der Waals surface area contributed by atoms with Crippen LogP contribution in [0.2, 0.25) is 0 Å². The molecule has 4 heteroatoms. The van der Waals surface area contributed by atoms with Crippen molar-refractivity contribution in [1.29, 1.82) is 0 Å². The Bertz CT molecular complexity index is 310. The molecule has 0 bridgehead atoms. The zero-order chi connectivity index (χ0) is 11.8. The van der Waals surface area contributed by atoms with Crippen LogP contribution in [0.5, 0.6) is 5.75 Å². The molecule has 0 amide bonds. The average Bonchev–Trinajstić information content (AvgIpc) is 2.28. The normalized spacial score (nSPS) is 11.1. The van der Waals surface area contributed by atoms with E-state index in [0.717, 1.165) is 12.8 Å². The van der Waals surface area contributed by atoms with E-state index < -0.39 is 0 Å². The molecule has 18 heavy (non-hydrogen) atoms. The van der Waals surface area contributed by atoms with Crippen molar-refractivity contribution >= 4 is 23.1 Å². The predicted molar refractivity (Wildman–Crippen MR) is 69.8 cm³/mol. The summed E-state index contributed by atoms with van der Waals surface area (Å²) in [6.45, 7) is 4.18. The Hall–Kier alpha value is 0.196. The van der Waals surface area contributed by atoms with Gasteiger partial charge >= 0.3 is 23.1 Å². The van der Waals surface area contributed by atoms with Crippen LogP contribution in [-0.2, 0) is 0 Å². The summed E-state index contributed by atoms with van der Waals surface area (Å²) >= 11 is 0. The largest absolute Gasteiger partial charge is 2.00 e. The topological polar surface area (TPSA) is 9.23 Å². The fraction of sp³-hybridized carbons (Fsp3) is 0.571. The molecule has 0 fully saturated rings. The van der Waals surface area contributed by atoms with Gasteiger partial charge in [0.05, 0.1) is 6.10 Å². The second kappa shape index (κ2) is 12.2. The molecule has 0 heterocycles. The quantitative estimate of drug-likeness (QED) is 0.412. The summed E-state index contributed by atoms with van der Waals surface area (Å²) < 4.78 is 18.8. The van der Waals surface area contributed by atoms with Crippen molar-refractivity contribution in [1.82, 2.24) is 0 Å². The molecule has 1 unspecified atom stereocenters. The minimum Gasteiger partial charge on any atom is -1.00 e. The van der Waals surface area contributed by atoms with Crippen LogP contribution >= 0.6 is 0 Å². The average molecular weight is 328 g/mol. The van der Waals surface area contributed by atoms with E-state index in [1.165, 1.54) is 25.3 Å². The van der Waals surface area contributed by atoms with Gasteiger partial charge < -0.3 is 21.7 Å². The van der Waals surface area contributed by atoms with Crippen molar-refractivity contribution in [2.24, 2.45) is 0 Å². The minimum absolute atomic E-state index is 0. The van der Waals surface area contributed by atoms with E-state index in [-0.39, 0.29) is 52.0 Å². The second-order valence-corrected chi connectivity index (χ2v) is 4.13. The van der Waals surface area contributed by atoms with Gasteiger partial charge in [0.2, 0.25) is 0 Å². The third-order valence-corrected chi connectivity index (χ3v) is 2.57. The number of halogens is 2. The third kappa shape index (κ3) is 8.32. The summed E-state index contributed by atoms with van der Waals surface area (Å²) in [7, 11) is 0. The van der Waals surface area contributed by atoms with E-state index in [1.807, 2.05) is 6.92 Å². The molecule has 0 aliphatic carbocycles. The first-order chi connectivity index (χ1) is 7.74. The summed E-state index contributed by atoms with van der Waals surface area (Å²) in [5.74, 6) is 0.00431. The Balaban J connectivity index is 0. The molecule has 1 nitrogen and oxygen atoms in total. The molecule has 0 aliphatic heterocycles. The Morgan fingerprint density at radius 3 is 2.67 bits per heavy atom. The Morgan fingerprint density at radius 1 is 1.33 bits per heavy atom. The summed E-state index contributed by atoms with van der Waals surface area (Å²) in [5, 5.41) is 0. The van der Waals surface area contributed by atoms with Crippen LogP contribution in [0.15, 0.2) is 18.2 Å². The molecule has 0 spiro atoms. The fourth-order valence-electron chi connectivity index (χ4n) is 1.63. The molecule has 0 N–H and O–H groups in total. The van der Waals surface area contributed by atoms with Crippen LogP contribution in [-0.4, -0.2) is 29.2 Å². The van der Waals surface area contributed by atoms with E-state index in [1.54, 1.807) is 12.1 Å². The zero-order valence-corrected chi connectivity index (χ0v) is 14.2. The number of rotatable bonds is 7. The van der Waals surface area contributed by atoms with Crippen LogP contribution in [0.4, 0.5) is 4.39 Å². The van der Waals surface area contributed by atoms with Gasteiger partial charge in [-0.05, 0) is 19.8 Å². The molecule has 0 aromatic heterocycles. The summed E-state index contributed by atoms with van der Waals surface area (Å²) in [6.07, 6.45) is 5.94. The number of hydrogen-bond donors (Lipinski definition) is 0. The fourth-order valence-corrected chi connectivity index (χ4v) is 1.63. The van der Waals surface area contributed by atoms with Gasteiger partial charge in [0.15, 0.2) is 0 Å². The maximum absolute atomic E-state index is 13.2. The molecule has 1 atom stereocenters.